The minimum atomic E-state index is -0.957. The Labute approximate surface area is 230 Å². The summed E-state index contributed by atoms with van der Waals surface area (Å²) in [5, 5.41) is 14.5. The molecule has 0 radical (unpaired) electrons. The summed E-state index contributed by atoms with van der Waals surface area (Å²) in [6, 6.07) is 8.88. The van der Waals surface area contributed by atoms with E-state index in [1.165, 1.54) is 12.1 Å². The number of carbonyl (C=O) groups is 4. The van der Waals surface area contributed by atoms with Crippen LogP contribution in [-0.4, -0.2) is 92.2 Å². The monoisotopic (exact) mass is 553 g/mol. The van der Waals surface area contributed by atoms with E-state index < -0.39 is 35.5 Å². The van der Waals surface area contributed by atoms with E-state index >= 15 is 0 Å². The number of nitrogens with zero attached hydrogens (tertiary/aromatic N) is 3. The average molecular weight is 554 g/mol. The van der Waals surface area contributed by atoms with Crippen LogP contribution in [0.5, 0.6) is 0 Å². The Morgan fingerprint density at radius 3 is 2.42 bits per heavy atom. The van der Waals surface area contributed by atoms with Crippen molar-refractivity contribution in [2.45, 2.75) is 25.4 Å². The number of carbonyl (C=O) groups excluding carboxylic acids is 3. The molecule has 0 saturated carbocycles. The lowest BCUT2D eigenvalue weighted by atomic mass is 10.0. The largest absolute Gasteiger partial charge is 0.478 e. The highest BCUT2D eigenvalue weighted by Gasteiger charge is 2.29. The quantitative estimate of drug-likeness (QED) is 0.433. The van der Waals surface area contributed by atoms with Crippen molar-refractivity contribution in [3.63, 3.8) is 0 Å². The zero-order valence-corrected chi connectivity index (χ0v) is 22.0. The SMILES string of the molecule is O=C1CC[C@H](NC(=O)c2ccc(N3CCN(Cc4c(C(=O)O)cccc4N4CCOCC4)CC3)cc2F)C(=O)N1. The smallest absolute Gasteiger partial charge is 0.336 e. The molecule has 3 saturated heterocycles. The van der Waals surface area contributed by atoms with Gasteiger partial charge in [-0.3, -0.25) is 24.6 Å². The molecule has 2 aromatic rings. The maximum Gasteiger partial charge on any atom is 0.336 e. The minimum absolute atomic E-state index is 0.112. The van der Waals surface area contributed by atoms with E-state index in [2.05, 4.69) is 20.4 Å². The van der Waals surface area contributed by atoms with Crippen molar-refractivity contribution in [3.05, 3.63) is 58.9 Å². The number of carboxylic acid groups (broad SMARTS) is 1. The zero-order valence-electron chi connectivity index (χ0n) is 22.0. The van der Waals surface area contributed by atoms with Crippen LogP contribution in [0, 0.1) is 5.82 Å². The average Bonchev–Trinajstić information content (AvgIpc) is 2.95. The van der Waals surface area contributed by atoms with Crippen LogP contribution in [0.4, 0.5) is 15.8 Å². The number of hydrogen-bond acceptors (Lipinski definition) is 8. The number of benzene rings is 2. The molecule has 0 bridgehead atoms. The Morgan fingerprint density at radius 2 is 1.75 bits per heavy atom. The molecule has 12 heteroatoms. The number of rotatable bonds is 7. The summed E-state index contributed by atoms with van der Waals surface area (Å²) in [6.07, 6.45) is 0.284. The van der Waals surface area contributed by atoms with Crippen LogP contribution < -0.4 is 20.4 Å². The van der Waals surface area contributed by atoms with Crippen molar-refractivity contribution in [2.75, 3.05) is 62.3 Å². The topological polar surface area (TPSA) is 132 Å². The highest BCUT2D eigenvalue weighted by atomic mass is 19.1. The number of carboxylic acids is 1. The normalized spacial score (nSPS) is 20.3. The lowest BCUT2D eigenvalue weighted by molar-refractivity contribution is -0.134. The lowest BCUT2D eigenvalue weighted by Gasteiger charge is -2.37. The maximum absolute atomic E-state index is 15.0. The second kappa shape index (κ2) is 12.0. The molecule has 1 atom stereocenters. The summed E-state index contributed by atoms with van der Waals surface area (Å²) < 4.78 is 20.4. The number of halogens is 1. The van der Waals surface area contributed by atoms with Gasteiger partial charge in [0.05, 0.1) is 24.3 Å². The zero-order chi connectivity index (χ0) is 28.2. The maximum atomic E-state index is 15.0. The van der Waals surface area contributed by atoms with Gasteiger partial charge in [-0.2, -0.15) is 0 Å². The van der Waals surface area contributed by atoms with Gasteiger partial charge in [-0.25, -0.2) is 9.18 Å². The number of anilines is 2. The molecule has 212 valence electrons. The van der Waals surface area contributed by atoms with E-state index in [0.29, 0.717) is 70.3 Å². The van der Waals surface area contributed by atoms with Crippen molar-refractivity contribution in [3.8, 4) is 0 Å². The van der Waals surface area contributed by atoms with Crippen molar-refractivity contribution in [1.82, 2.24) is 15.5 Å². The Balaban J connectivity index is 1.22. The Kier molecular flexibility index (Phi) is 8.27. The molecule has 0 unspecified atom stereocenters. The summed E-state index contributed by atoms with van der Waals surface area (Å²) in [6.45, 7) is 5.59. The summed E-state index contributed by atoms with van der Waals surface area (Å²) in [7, 11) is 0. The van der Waals surface area contributed by atoms with Gasteiger partial charge >= 0.3 is 5.97 Å². The summed E-state index contributed by atoms with van der Waals surface area (Å²) in [5.74, 6) is -3.36. The Morgan fingerprint density at radius 1 is 1.00 bits per heavy atom. The fourth-order valence-corrected chi connectivity index (χ4v) is 5.38. The van der Waals surface area contributed by atoms with Gasteiger partial charge < -0.3 is 25.0 Å². The fourth-order valence-electron chi connectivity index (χ4n) is 5.38. The number of ether oxygens (including phenoxy) is 1. The van der Waals surface area contributed by atoms with Crippen LogP contribution >= 0.6 is 0 Å². The number of hydrogen-bond donors (Lipinski definition) is 3. The molecule has 3 heterocycles. The summed E-state index contributed by atoms with van der Waals surface area (Å²) in [4.78, 5) is 54.2. The number of aromatic carboxylic acids is 1. The number of piperidine rings is 1. The number of piperazine rings is 1. The third-order valence-corrected chi connectivity index (χ3v) is 7.59. The molecule has 11 nitrogen and oxygen atoms in total. The molecule has 3 aliphatic heterocycles. The van der Waals surface area contributed by atoms with Crippen molar-refractivity contribution < 1.29 is 33.4 Å². The fraction of sp³-hybridized carbons (Fsp3) is 0.429. The van der Waals surface area contributed by atoms with Gasteiger partial charge in [0.2, 0.25) is 11.8 Å². The first-order valence-corrected chi connectivity index (χ1v) is 13.4. The second-order valence-corrected chi connectivity index (χ2v) is 10.1. The van der Waals surface area contributed by atoms with Crippen molar-refractivity contribution in [1.29, 1.82) is 0 Å². The molecule has 40 heavy (non-hydrogen) atoms. The summed E-state index contributed by atoms with van der Waals surface area (Å²) in [5.41, 5.74) is 2.45. The van der Waals surface area contributed by atoms with Gasteiger partial charge in [-0.1, -0.05) is 6.07 Å². The van der Waals surface area contributed by atoms with E-state index in [1.54, 1.807) is 18.2 Å². The number of amides is 3. The van der Waals surface area contributed by atoms with Gasteiger partial charge in [0.25, 0.3) is 5.91 Å². The minimum Gasteiger partial charge on any atom is -0.478 e. The van der Waals surface area contributed by atoms with Gasteiger partial charge in [-0.15, -0.1) is 0 Å². The van der Waals surface area contributed by atoms with E-state index in [0.717, 1.165) is 11.3 Å². The predicted octanol–water partition coefficient (Wildman–Crippen LogP) is 1.22. The molecular weight excluding hydrogens is 521 g/mol. The predicted molar refractivity (Wildman–Crippen MR) is 144 cm³/mol. The third-order valence-electron chi connectivity index (χ3n) is 7.59. The van der Waals surface area contributed by atoms with Crippen LogP contribution in [0.15, 0.2) is 36.4 Å². The van der Waals surface area contributed by atoms with Gasteiger partial charge in [0.1, 0.15) is 11.9 Å². The molecule has 0 aliphatic carbocycles. The molecule has 5 rings (SSSR count). The third kappa shape index (κ3) is 6.07. The summed E-state index contributed by atoms with van der Waals surface area (Å²) >= 11 is 0. The van der Waals surface area contributed by atoms with Crippen molar-refractivity contribution >= 4 is 35.1 Å². The van der Waals surface area contributed by atoms with Crippen molar-refractivity contribution in [2.24, 2.45) is 0 Å². The molecule has 3 N–H and O–H groups in total. The first-order chi connectivity index (χ1) is 19.3. The van der Waals surface area contributed by atoms with Crippen LogP contribution in [0.2, 0.25) is 0 Å². The number of morpholine rings is 1. The van der Waals surface area contributed by atoms with E-state index in [-0.39, 0.29) is 18.4 Å². The number of imide groups is 1. The first-order valence-electron chi connectivity index (χ1n) is 13.4. The number of nitrogens with one attached hydrogen (secondary N) is 2. The molecule has 3 aliphatic rings. The first kappa shape index (κ1) is 27.5. The van der Waals surface area contributed by atoms with Crippen LogP contribution in [0.25, 0.3) is 0 Å². The van der Waals surface area contributed by atoms with E-state index in [1.807, 2.05) is 11.0 Å². The van der Waals surface area contributed by atoms with Crippen LogP contribution in [-0.2, 0) is 20.9 Å². The second-order valence-electron chi connectivity index (χ2n) is 10.1. The highest BCUT2D eigenvalue weighted by Crippen LogP contribution is 2.28. The molecule has 0 aromatic heterocycles. The highest BCUT2D eigenvalue weighted by molar-refractivity contribution is 6.04. The van der Waals surface area contributed by atoms with Crippen LogP contribution in [0.3, 0.4) is 0 Å². The van der Waals surface area contributed by atoms with E-state index in [4.69, 9.17) is 4.74 Å². The standard InChI is InChI=1S/C28H32FN5O6/c29-22-16-18(4-5-20(22)26(36)30-23-6-7-25(35)31-27(23)37)33-10-8-32(9-11-33)17-21-19(28(38)39)2-1-3-24(21)34-12-14-40-15-13-34/h1-5,16,23H,6-15,17H2,(H,30,36)(H,38,39)(H,31,35,37)/t23-/m0/s1. The molecule has 0 spiro atoms. The van der Waals surface area contributed by atoms with Gasteiger partial charge in [0.15, 0.2) is 0 Å². The molecular formula is C28H32FN5O6. The van der Waals surface area contributed by atoms with Gasteiger partial charge in [-0.05, 0) is 36.8 Å². The molecule has 2 aromatic carbocycles. The Hall–Kier alpha value is -4.03. The molecule has 3 amide bonds. The van der Waals surface area contributed by atoms with Gasteiger partial charge in [0, 0.05) is 69.2 Å². The lowest BCUT2D eigenvalue weighted by Crippen LogP contribution is -2.52. The van der Waals surface area contributed by atoms with E-state index in [9.17, 15) is 28.7 Å². The molecule has 3 fully saturated rings. The Bertz CT molecular complexity index is 1310. The van der Waals surface area contributed by atoms with Crippen LogP contribution in [0.1, 0.15) is 39.1 Å².